The van der Waals surface area contributed by atoms with Gasteiger partial charge in [0.15, 0.2) is 0 Å². The van der Waals surface area contributed by atoms with Crippen LogP contribution >= 0.6 is 11.8 Å². The summed E-state index contributed by atoms with van der Waals surface area (Å²) in [7, 11) is 0. The summed E-state index contributed by atoms with van der Waals surface area (Å²) in [6.07, 6.45) is 3.40. The van der Waals surface area contributed by atoms with Crippen LogP contribution in [0.1, 0.15) is 35.2 Å². The van der Waals surface area contributed by atoms with E-state index in [1.54, 1.807) is 12.1 Å². The van der Waals surface area contributed by atoms with E-state index in [9.17, 15) is 9.59 Å². The number of hydrogen-bond acceptors (Lipinski definition) is 3. The molecule has 1 aromatic carbocycles. The van der Waals surface area contributed by atoms with Crippen molar-refractivity contribution in [1.29, 1.82) is 0 Å². The van der Waals surface area contributed by atoms with Gasteiger partial charge in [-0.3, -0.25) is 4.79 Å². The van der Waals surface area contributed by atoms with Crippen LogP contribution in [0.2, 0.25) is 0 Å². The minimum Gasteiger partial charge on any atom is -0.478 e. The molecular formula is C15H19NO3S. The molecule has 4 nitrogen and oxygen atoms in total. The van der Waals surface area contributed by atoms with Gasteiger partial charge in [-0.15, -0.1) is 11.8 Å². The highest BCUT2D eigenvalue weighted by Crippen LogP contribution is 2.18. The van der Waals surface area contributed by atoms with Gasteiger partial charge < -0.3 is 10.0 Å². The topological polar surface area (TPSA) is 57.6 Å². The standard InChI is InChI=1S/C15H19NO3S/c17-14(16-8-4-1-5-9-16)11-20-10-12-6-2-3-7-13(12)15(18)19/h2-3,6-7H,1,4-5,8-11H2,(H,18,19). The Kier molecular flexibility index (Phi) is 5.47. The van der Waals surface area contributed by atoms with Crippen molar-refractivity contribution in [2.45, 2.75) is 25.0 Å². The van der Waals surface area contributed by atoms with E-state index in [4.69, 9.17) is 5.11 Å². The van der Waals surface area contributed by atoms with Gasteiger partial charge in [-0.05, 0) is 30.9 Å². The number of carbonyl (C=O) groups excluding carboxylic acids is 1. The van der Waals surface area contributed by atoms with Gasteiger partial charge in [-0.2, -0.15) is 0 Å². The molecule has 0 bridgehead atoms. The second kappa shape index (κ2) is 7.33. The first-order valence-corrected chi connectivity index (χ1v) is 8.00. The highest BCUT2D eigenvalue weighted by atomic mass is 32.2. The molecule has 1 aliphatic heterocycles. The van der Waals surface area contributed by atoms with Crippen LogP contribution in [-0.4, -0.2) is 40.7 Å². The van der Waals surface area contributed by atoms with Gasteiger partial charge in [0.05, 0.1) is 11.3 Å². The largest absolute Gasteiger partial charge is 0.478 e. The predicted molar refractivity (Wildman–Crippen MR) is 80.0 cm³/mol. The molecule has 0 saturated carbocycles. The third-order valence-electron chi connectivity index (χ3n) is 3.44. The number of carbonyl (C=O) groups is 2. The molecule has 0 aliphatic carbocycles. The second-order valence-corrected chi connectivity index (χ2v) is 5.88. The summed E-state index contributed by atoms with van der Waals surface area (Å²) in [6.45, 7) is 1.73. The maximum Gasteiger partial charge on any atom is 0.335 e. The Hall–Kier alpha value is -1.49. The number of thioether (sulfide) groups is 1. The van der Waals surface area contributed by atoms with Crippen LogP contribution in [0.4, 0.5) is 0 Å². The van der Waals surface area contributed by atoms with Crippen LogP contribution in [0.3, 0.4) is 0 Å². The quantitative estimate of drug-likeness (QED) is 0.906. The van der Waals surface area contributed by atoms with Crippen molar-refractivity contribution in [1.82, 2.24) is 4.90 Å². The van der Waals surface area contributed by atoms with Crippen LogP contribution in [0.5, 0.6) is 0 Å². The van der Waals surface area contributed by atoms with E-state index < -0.39 is 5.97 Å². The molecule has 0 unspecified atom stereocenters. The van der Waals surface area contributed by atoms with Gasteiger partial charge in [-0.1, -0.05) is 18.2 Å². The smallest absolute Gasteiger partial charge is 0.335 e. The number of aromatic carboxylic acids is 1. The zero-order valence-electron chi connectivity index (χ0n) is 11.4. The van der Waals surface area contributed by atoms with E-state index in [0.29, 0.717) is 17.1 Å². The van der Waals surface area contributed by atoms with Gasteiger partial charge in [0, 0.05) is 18.8 Å². The van der Waals surface area contributed by atoms with Crippen molar-refractivity contribution < 1.29 is 14.7 Å². The van der Waals surface area contributed by atoms with Crippen LogP contribution < -0.4 is 0 Å². The average Bonchev–Trinajstić information content (AvgIpc) is 2.48. The summed E-state index contributed by atoms with van der Waals surface area (Å²) in [5.74, 6) is 0.238. The third kappa shape index (κ3) is 4.00. The number of rotatable bonds is 5. The lowest BCUT2D eigenvalue weighted by Gasteiger charge is -2.26. The number of piperidine rings is 1. The third-order valence-corrected chi connectivity index (χ3v) is 4.41. The first-order valence-electron chi connectivity index (χ1n) is 6.85. The lowest BCUT2D eigenvalue weighted by atomic mass is 10.1. The average molecular weight is 293 g/mol. The van der Waals surface area contributed by atoms with E-state index in [1.165, 1.54) is 18.2 Å². The number of carboxylic acid groups (broad SMARTS) is 1. The lowest BCUT2D eigenvalue weighted by Crippen LogP contribution is -2.36. The van der Waals surface area contributed by atoms with Gasteiger partial charge in [0.2, 0.25) is 5.91 Å². The number of hydrogen-bond donors (Lipinski definition) is 1. The van der Waals surface area contributed by atoms with Crippen LogP contribution in [0.25, 0.3) is 0 Å². The normalized spacial score (nSPS) is 15.1. The van der Waals surface area contributed by atoms with Gasteiger partial charge in [-0.25, -0.2) is 4.79 Å². The minimum absolute atomic E-state index is 0.169. The summed E-state index contributed by atoms with van der Waals surface area (Å²) in [6, 6.07) is 6.96. The molecular weight excluding hydrogens is 274 g/mol. The van der Waals surface area contributed by atoms with Crippen molar-refractivity contribution in [2.75, 3.05) is 18.8 Å². The molecule has 1 fully saturated rings. The number of likely N-dealkylation sites (tertiary alicyclic amines) is 1. The van der Waals surface area contributed by atoms with Crippen molar-refractivity contribution in [2.24, 2.45) is 0 Å². The Labute approximate surface area is 123 Å². The molecule has 1 N–H and O–H groups in total. The highest BCUT2D eigenvalue weighted by Gasteiger charge is 2.16. The SMILES string of the molecule is O=C(O)c1ccccc1CSCC(=O)N1CCCCC1. The first kappa shape index (κ1) is 14.9. The molecule has 5 heteroatoms. The molecule has 20 heavy (non-hydrogen) atoms. The van der Waals surface area contributed by atoms with E-state index in [2.05, 4.69) is 0 Å². The summed E-state index contributed by atoms with van der Waals surface area (Å²) >= 11 is 1.49. The van der Waals surface area contributed by atoms with Gasteiger partial charge in [0.1, 0.15) is 0 Å². The lowest BCUT2D eigenvalue weighted by molar-refractivity contribution is -0.129. The van der Waals surface area contributed by atoms with E-state index >= 15 is 0 Å². The summed E-state index contributed by atoms with van der Waals surface area (Å²) in [4.78, 5) is 25.0. The Balaban J connectivity index is 1.83. The van der Waals surface area contributed by atoms with Crippen LogP contribution in [0, 0.1) is 0 Å². The molecule has 0 radical (unpaired) electrons. The number of amides is 1. The van der Waals surface area contributed by atoms with E-state index in [-0.39, 0.29) is 5.91 Å². The maximum absolute atomic E-state index is 12.0. The Bertz CT molecular complexity index is 484. The zero-order chi connectivity index (χ0) is 14.4. The van der Waals surface area contributed by atoms with Gasteiger partial charge >= 0.3 is 5.97 Å². The summed E-state index contributed by atoms with van der Waals surface area (Å²) in [5, 5.41) is 9.09. The monoisotopic (exact) mass is 293 g/mol. The van der Waals surface area contributed by atoms with E-state index in [1.807, 2.05) is 17.0 Å². The number of nitrogens with zero attached hydrogens (tertiary/aromatic N) is 1. The molecule has 0 spiro atoms. The first-order chi connectivity index (χ1) is 9.68. The van der Waals surface area contributed by atoms with Crippen molar-refractivity contribution >= 4 is 23.6 Å². The van der Waals surface area contributed by atoms with Crippen molar-refractivity contribution in [3.05, 3.63) is 35.4 Å². The van der Waals surface area contributed by atoms with Crippen LogP contribution in [0.15, 0.2) is 24.3 Å². The molecule has 0 atom stereocenters. The molecule has 1 saturated heterocycles. The molecule has 0 aromatic heterocycles. The Morgan fingerprint density at radius 2 is 1.85 bits per heavy atom. The van der Waals surface area contributed by atoms with E-state index in [0.717, 1.165) is 31.5 Å². The fourth-order valence-electron chi connectivity index (χ4n) is 2.34. The summed E-state index contributed by atoms with van der Waals surface area (Å²) < 4.78 is 0. The number of benzene rings is 1. The molecule has 1 aliphatic rings. The highest BCUT2D eigenvalue weighted by molar-refractivity contribution is 7.99. The van der Waals surface area contributed by atoms with Gasteiger partial charge in [0.25, 0.3) is 0 Å². The maximum atomic E-state index is 12.0. The van der Waals surface area contributed by atoms with Crippen molar-refractivity contribution in [3.8, 4) is 0 Å². The Morgan fingerprint density at radius 3 is 2.55 bits per heavy atom. The zero-order valence-corrected chi connectivity index (χ0v) is 12.2. The molecule has 1 heterocycles. The predicted octanol–water partition coefficient (Wildman–Crippen LogP) is 2.63. The fraction of sp³-hybridized carbons (Fsp3) is 0.467. The second-order valence-electron chi connectivity index (χ2n) is 4.90. The minimum atomic E-state index is -0.913. The summed E-state index contributed by atoms with van der Waals surface area (Å²) in [5.41, 5.74) is 1.10. The van der Waals surface area contributed by atoms with Crippen LogP contribution in [-0.2, 0) is 10.5 Å². The van der Waals surface area contributed by atoms with Crippen molar-refractivity contribution in [3.63, 3.8) is 0 Å². The molecule has 2 rings (SSSR count). The Morgan fingerprint density at radius 1 is 1.15 bits per heavy atom. The molecule has 1 amide bonds. The molecule has 108 valence electrons. The fourth-order valence-corrected chi connectivity index (χ4v) is 3.27. The molecule has 1 aromatic rings. The number of carboxylic acids is 1.